The van der Waals surface area contributed by atoms with Crippen LogP contribution < -0.4 is 0 Å². The minimum atomic E-state index is 0.945. The van der Waals surface area contributed by atoms with Crippen molar-refractivity contribution >= 4 is 33.1 Å². The van der Waals surface area contributed by atoms with Gasteiger partial charge in [0, 0.05) is 43.7 Å². The summed E-state index contributed by atoms with van der Waals surface area (Å²) in [7, 11) is 0. The number of likely N-dealkylation sites (tertiary alicyclic amines) is 1. The van der Waals surface area contributed by atoms with Crippen LogP contribution in [0.1, 0.15) is 23.3 Å². The predicted octanol–water partition coefficient (Wildman–Crippen LogP) is 7.61. The molecule has 1 aliphatic heterocycles. The molecule has 1 saturated heterocycles. The average molecular weight is 487 g/mol. The standard InChI is InChI=1S/C31H26N4S/c1-20-10-13-30(36-20)24-8-5-9-27-25(24)18-29(32-27)31-26-17-23(11-12-28(26)33-34-31)22-7-4-6-21(16-22)19-35-14-2-3-15-35/h5,7-13,16-18,32H,2-3,14-15,19H2,1H3,(H,33,34). The molecule has 6 aromatic rings. The van der Waals surface area contributed by atoms with E-state index in [1.165, 1.54) is 63.3 Å². The lowest BCUT2D eigenvalue weighted by atomic mass is 10.0. The lowest BCUT2D eigenvalue weighted by molar-refractivity contribution is 0.331. The topological polar surface area (TPSA) is 47.7 Å². The first kappa shape index (κ1) is 21.4. The maximum Gasteiger partial charge on any atom is 0.116 e. The summed E-state index contributed by atoms with van der Waals surface area (Å²) in [4.78, 5) is 8.74. The maximum atomic E-state index is 4.71. The summed E-state index contributed by atoms with van der Waals surface area (Å²) in [6.07, 6.45) is 2.59. The van der Waals surface area contributed by atoms with Crippen LogP contribution in [0.3, 0.4) is 0 Å². The van der Waals surface area contributed by atoms with Crippen molar-refractivity contribution in [2.24, 2.45) is 0 Å². The van der Waals surface area contributed by atoms with Crippen LogP contribution >= 0.6 is 11.3 Å². The van der Waals surface area contributed by atoms with E-state index in [1.807, 2.05) is 17.4 Å². The van der Waals surface area contributed by atoms with Gasteiger partial charge >= 0.3 is 0 Å². The van der Waals surface area contributed by atoms with E-state index in [1.54, 1.807) is 0 Å². The van der Waals surface area contributed by atoms with E-state index >= 15 is 0 Å². The van der Waals surface area contributed by atoms with Crippen LogP contribution in [0.5, 0.6) is 0 Å². The number of H-pyrrole nitrogens is 2. The van der Waals surface area contributed by atoms with E-state index in [0.29, 0.717) is 0 Å². The smallest absolute Gasteiger partial charge is 0.116 e. The Balaban J connectivity index is 1.28. The predicted molar refractivity (Wildman–Crippen MR) is 149 cm³/mol. The minimum Gasteiger partial charge on any atom is -0.353 e. The van der Waals surface area contributed by atoms with E-state index in [9.17, 15) is 0 Å². The summed E-state index contributed by atoms with van der Waals surface area (Å²) in [5, 5.41) is 10.3. The molecule has 0 atom stereocenters. The van der Waals surface area contributed by atoms with Gasteiger partial charge in [-0.1, -0.05) is 30.3 Å². The van der Waals surface area contributed by atoms with Gasteiger partial charge in [0.15, 0.2) is 0 Å². The number of aromatic nitrogens is 3. The van der Waals surface area contributed by atoms with Crippen LogP contribution in [-0.4, -0.2) is 33.2 Å². The third-order valence-electron chi connectivity index (χ3n) is 7.20. The van der Waals surface area contributed by atoms with Gasteiger partial charge in [-0.15, -0.1) is 11.3 Å². The summed E-state index contributed by atoms with van der Waals surface area (Å²) < 4.78 is 0. The van der Waals surface area contributed by atoms with Gasteiger partial charge in [-0.3, -0.25) is 10.00 Å². The van der Waals surface area contributed by atoms with Gasteiger partial charge in [-0.25, -0.2) is 0 Å². The third kappa shape index (κ3) is 3.80. The molecule has 3 aromatic carbocycles. The third-order valence-corrected chi connectivity index (χ3v) is 8.24. The molecule has 4 heterocycles. The number of hydrogen-bond acceptors (Lipinski definition) is 3. The lowest BCUT2D eigenvalue weighted by Crippen LogP contribution is -2.18. The number of thiophene rings is 1. The van der Waals surface area contributed by atoms with E-state index in [4.69, 9.17) is 5.10 Å². The van der Waals surface area contributed by atoms with Crippen molar-refractivity contribution in [3.8, 4) is 33.0 Å². The molecule has 0 radical (unpaired) electrons. The molecule has 176 valence electrons. The number of hydrogen-bond donors (Lipinski definition) is 2. The summed E-state index contributed by atoms with van der Waals surface area (Å²) in [6.45, 7) is 5.47. The molecule has 0 bridgehead atoms. The fourth-order valence-corrected chi connectivity index (χ4v) is 6.29. The number of benzene rings is 2. The highest BCUT2D eigenvalue weighted by Crippen LogP contribution is 2.37. The summed E-state index contributed by atoms with van der Waals surface area (Å²) in [5.41, 5.74) is 8.93. The van der Waals surface area contributed by atoms with Crippen LogP contribution in [0.25, 0.3) is 54.8 Å². The van der Waals surface area contributed by atoms with Crippen LogP contribution in [0.4, 0.5) is 0 Å². The molecule has 1 fully saturated rings. The van der Waals surface area contributed by atoms with Crippen molar-refractivity contribution in [2.75, 3.05) is 13.1 Å². The molecule has 4 nitrogen and oxygen atoms in total. The SMILES string of the molecule is Cc1ccc(-c2cccc3[nH]c(-c4n[nH]c5ccc(-c6cc#cc(CN7CCCC7)c6)cc45)cc23)s1. The van der Waals surface area contributed by atoms with Crippen molar-refractivity contribution in [1.82, 2.24) is 20.1 Å². The molecule has 1 aliphatic rings. The Bertz CT molecular complexity index is 1700. The van der Waals surface area contributed by atoms with Crippen LogP contribution in [0.15, 0.2) is 66.7 Å². The second-order valence-electron chi connectivity index (χ2n) is 9.71. The minimum absolute atomic E-state index is 0.945. The normalized spacial score (nSPS) is 14.1. The van der Waals surface area contributed by atoms with E-state index in [-0.39, 0.29) is 0 Å². The van der Waals surface area contributed by atoms with Crippen LogP contribution in [0.2, 0.25) is 0 Å². The first-order valence-electron chi connectivity index (χ1n) is 12.5. The van der Waals surface area contributed by atoms with Crippen molar-refractivity contribution in [1.29, 1.82) is 0 Å². The zero-order valence-corrected chi connectivity index (χ0v) is 21.0. The molecular formula is C31H26N4S. The Labute approximate surface area is 214 Å². The number of fused-ring (bicyclic) bond motifs is 2. The summed E-state index contributed by atoms with van der Waals surface area (Å²) in [6, 6.07) is 30.5. The number of nitrogens with one attached hydrogen (secondary N) is 2. The molecule has 0 spiro atoms. The average Bonchev–Trinajstić information content (AvgIpc) is 3.70. The van der Waals surface area contributed by atoms with Crippen LogP contribution in [0, 0.1) is 19.1 Å². The Morgan fingerprint density at radius 3 is 2.72 bits per heavy atom. The molecule has 0 saturated carbocycles. The lowest BCUT2D eigenvalue weighted by Gasteiger charge is -2.13. The van der Waals surface area contributed by atoms with E-state index in [2.05, 4.69) is 94.7 Å². The number of aromatic amines is 2. The first-order chi connectivity index (χ1) is 17.7. The molecular weight excluding hydrogens is 460 g/mol. The Hall–Kier alpha value is -3.85. The van der Waals surface area contributed by atoms with Gasteiger partial charge in [0.05, 0.1) is 11.2 Å². The second-order valence-corrected chi connectivity index (χ2v) is 11.0. The summed E-state index contributed by atoms with van der Waals surface area (Å²) >= 11 is 1.83. The number of rotatable bonds is 5. The molecule has 2 N–H and O–H groups in total. The molecule has 3 aromatic heterocycles. The number of aryl methyl sites for hydroxylation is 1. The fraction of sp³-hybridized carbons (Fsp3) is 0.194. The largest absolute Gasteiger partial charge is 0.353 e. The highest BCUT2D eigenvalue weighted by atomic mass is 32.1. The monoisotopic (exact) mass is 486 g/mol. The Morgan fingerprint density at radius 1 is 0.944 bits per heavy atom. The van der Waals surface area contributed by atoms with Gasteiger partial charge in [0.1, 0.15) is 5.69 Å². The molecule has 0 unspecified atom stereocenters. The quantitative estimate of drug-likeness (QED) is 0.263. The van der Waals surface area contributed by atoms with Crippen molar-refractivity contribution < 1.29 is 0 Å². The first-order valence-corrected chi connectivity index (χ1v) is 13.3. The molecule has 36 heavy (non-hydrogen) atoms. The van der Waals surface area contributed by atoms with Gasteiger partial charge in [0.2, 0.25) is 0 Å². The Morgan fingerprint density at radius 2 is 1.86 bits per heavy atom. The van der Waals surface area contributed by atoms with Crippen molar-refractivity contribution in [3.63, 3.8) is 0 Å². The van der Waals surface area contributed by atoms with Gasteiger partial charge in [-0.05, 0) is 92.5 Å². The maximum absolute atomic E-state index is 4.71. The number of nitrogens with zero attached hydrogens (tertiary/aromatic N) is 2. The van der Waals surface area contributed by atoms with Crippen LogP contribution in [-0.2, 0) is 6.54 Å². The Kier molecular flexibility index (Phi) is 5.16. The molecule has 0 aliphatic carbocycles. The zero-order chi connectivity index (χ0) is 24.1. The van der Waals surface area contributed by atoms with Gasteiger partial charge < -0.3 is 4.98 Å². The molecule has 0 amide bonds. The highest BCUT2D eigenvalue weighted by molar-refractivity contribution is 7.15. The van der Waals surface area contributed by atoms with Crippen molar-refractivity contribution in [2.45, 2.75) is 26.3 Å². The highest BCUT2D eigenvalue weighted by Gasteiger charge is 2.16. The second kappa shape index (κ2) is 8.67. The summed E-state index contributed by atoms with van der Waals surface area (Å²) in [5.74, 6) is 0. The van der Waals surface area contributed by atoms with Gasteiger partial charge in [0.25, 0.3) is 0 Å². The van der Waals surface area contributed by atoms with E-state index in [0.717, 1.165) is 34.4 Å². The van der Waals surface area contributed by atoms with E-state index < -0.39 is 0 Å². The molecule has 5 heteroatoms. The van der Waals surface area contributed by atoms with Gasteiger partial charge in [-0.2, -0.15) is 5.10 Å². The van der Waals surface area contributed by atoms with Crippen molar-refractivity contribution in [3.05, 3.63) is 89.3 Å². The zero-order valence-electron chi connectivity index (χ0n) is 20.2. The fourth-order valence-electron chi connectivity index (χ4n) is 5.38. The molecule has 7 rings (SSSR count).